The number of methoxy groups -OCH3 is 1. The lowest BCUT2D eigenvalue weighted by Crippen LogP contribution is -2.31. The van der Waals surface area contributed by atoms with Gasteiger partial charge in [0.25, 0.3) is 0 Å². The van der Waals surface area contributed by atoms with Gasteiger partial charge in [-0.15, -0.1) is 0 Å². The standard InChI is InChI=1S/C15H25BrN2O/c1-15(2,10-17)9-13(18(3)4)12-8-11(16)6-7-14(12)19-5/h6-8,13H,9-10,17H2,1-5H3. The molecule has 0 amide bonds. The Morgan fingerprint density at radius 3 is 2.47 bits per heavy atom. The van der Waals surface area contributed by atoms with E-state index in [-0.39, 0.29) is 11.5 Å². The second-order valence-electron chi connectivity index (χ2n) is 5.94. The average Bonchev–Trinajstić information content (AvgIpc) is 2.35. The van der Waals surface area contributed by atoms with Crippen molar-refractivity contribution in [1.82, 2.24) is 4.90 Å². The Kier molecular flexibility index (Phi) is 5.83. The normalized spacial score (nSPS) is 13.7. The van der Waals surface area contributed by atoms with E-state index >= 15 is 0 Å². The molecule has 4 heteroatoms. The maximum atomic E-state index is 5.87. The van der Waals surface area contributed by atoms with Gasteiger partial charge in [-0.25, -0.2) is 0 Å². The molecule has 0 bridgehead atoms. The van der Waals surface area contributed by atoms with Crippen molar-refractivity contribution in [1.29, 1.82) is 0 Å². The number of nitrogens with two attached hydrogens (primary N) is 1. The average molecular weight is 329 g/mol. The number of nitrogens with zero attached hydrogens (tertiary/aromatic N) is 1. The van der Waals surface area contributed by atoms with Crippen LogP contribution in [0.15, 0.2) is 22.7 Å². The van der Waals surface area contributed by atoms with Crippen molar-refractivity contribution in [3.05, 3.63) is 28.2 Å². The van der Waals surface area contributed by atoms with E-state index < -0.39 is 0 Å². The summed E-state index contributed by atoms with van der Waals surface area (Å²) >= 11 is 3.54. The SMILES string of the molecule is COc1ccc(Br)cc1C(CC(C)(C)CN)N(C)C. The molecule has 0 saturated carbocycles. The molecule has 1 aromatic rings. The minimum atomic E-state index is 0.0995. The van der Waals surface area contributed by atoms with Crippen LogP contribution in [0.2, 0.25) is 0 Å². The monoisotopic (exact) mass is 328 g/mol. The van der Waals surface area contributed by atoms with Crippen LogP contribution in [0, 0.1) is 5.41 Å². The predicted molar refractivity (Wildman–Crippen MR) is 84.6 cm³/mol. The molecule has 108 valence electrons. The van der Waals surface area contributed by atoms with Crippen LogP contribution in [-0.2, 0) is 0 Å². The second-order valence-corrected chi connectivity index (χ2v) is 6.85. The summed E-state index contributed by atoms with van der Waals surface area (Å²) in [4.78, 5) is 2.22. The number of ether oxygens (including phenoxy) is 1. The Morgan fingerprint density at radius 1 is 1.37 bits per heavy atom. The quantitative estimate of drug-likeness (QED) is 0.869. The van der Waals surface area contributed by atoms with Crippen molar-refractivity contribution in [2.24, 2.45) is 11.1 Å². The van der Waals surface area contributed by atoms with Gasteiger partial charge in [0.05, 0.1) is 7.11 Å². The second kappa shape index (κ2) is 6.73. The first-order valence-electron chi connectivity index (χ1n) is 6.50. The summed E-state index contributed by atoms with van der Waals surface area (Å²) in [6, 6.07) is 6.43. The summed E-state index contributed by atoms with van der Waals surface area (Å²) in [6.07, 6.45) is 0.989. The van der Waals surface area contributed by atoms with Crippen molar-refractivity contribution in [3.8, 4) is 5.75 Å². The van der Waals surface area contributed by atoms with Gasteiger partial charge in [0, 0.05) is 16.1 Å². The topological polar surface area (TPSA) is 38.5 Å². The van der Waals surface area contributed by atoms with Crippen LogP contribution in [0.25, 0.3) is 0 Å². The van der Waals surface area contributed by atoms with Gasteiger partial charge in [-0.05, 0) is 50.7 Å². The minimum absolute atomic E-state index is 0.0995. The first-order chi connectivity index (χ1) is 8.80. The van der Waals surface area contributed by atoms with E-state index in [1.54, 1.807) is 7.11 Å². The summed E-state index contributed by atoms with van der Waals surface area (Å²) in [5, 5.41) is 0. The van der Waals surface area contributed by atoms with Crippen LogP contribution in [-0.4, -0.2) is 32.6 Å². The summed E-state index contributed by atoms with van der Waals surface area (Å²) in [7, 11) is 5.91. The van der Waals surface area contributed by atoms with E-state index in [2.05, 4.69) is 54.8 Å². The zero-order valence-electron chi connectivity index (χ0n) is 12.5. The molecule has 0 fully saturated rings. The predicted octanol–water partition coefficient (Wildman–Crippen LogP) is 3.44. The van der Waals surface area contributed by atoms with Crippen LogP contribution in [0.3, 0.4) is 0 Å². The van der Waals surface area contributed by atoms with Gasteiger partial charge >= 0.3 is 0 Å². The molecular weight excluding hydrogens is 304 g/mol. The fourth-order valence-corrected chi connectivity index (χ4v) is 2.52. The van der Waals surface area contributed by atoms with Crippen LogP contribution >= 0.6 is 15.9 Å². The van der Waals surface area contributed by atoms with Crippen molar-refractivity contribution >= 4 is 15.9 Å². The van der Waals surface area contributed by atoms with Crippen molar-refractivity contribution < 1.29 is 4.74 Å². The number of benzene rings is 1. The molecule has 0 aliphatic heterocycles. The third-order valence-corrected chi connectivity index (χ3v) is 3.97. The fraction of sp³-hybridized carbons (Fsp3) is 0.600. The van der Waals surface area contributed by atoms with E-state index in [0.29, 0.717) is 6.54 Å². The molecule has 0 saturated heterocycles. The van der Waals surface area contributed by atoms with Crippen LogP contribution < -0.4 is 10.5 Å². The molecular formula is C15H25BrN2O. The lowest BCUT2D eigenvalue weighted by atomic mass is 9.83. The highest BCUT2D eigenvalue weighted by Gasteiger charge is 2.26. The van der Waals surface area contributed by atoms with Crippen LogP contribution in [0.1, 0.15) is 31.9 Å². The van der Waals surface area contributed by atoms with Gasteiger partial charge in [0.1, 0.15) is 5.75 Å². The maximum Gasteiger partial charge on any atom is 0.123 e. The highest BCUT2D eigenvalue weighted by Crippen LogP contribution is 2.37. The first-order valence-corrected chi connectivity index (χ1v) is 7.30. The molecule has 3 nitrogen and oxygen atoms in total. The summed E-state index contributed by atoms with van der Waals surface area (Å²) < 4.78 is 6.57. The van der Waals surface area contributed by atoms with E-state index in [1.807, 2.05) is 12.1 Å². The number of hydrogen-bond donors (Lipinski definition) is 1. The van der Waals surface area contributed by atoms with Crippen molar-refractivity contribution in [3.63, 3.8) is 0 Å². The lowest BCUT2D eigenvalue weighted by molar-refractivity contribution is 0.198. The van der Waals surface area contributed by atoms with Crippen LogP contribution in [0.5, 0.6) is 5.75 Å². The first kappa shape index (κ1) is 16.5. The Labute approximate surface area is 125 Å². The van der Waals surface area contributed by atoms with Gasteiger partial charge in [-0.2, -0.15) is 0 Å². The van der Waals surface area contributed by atoms with Crippen molar-refractivity contribution in [2.45, 2.75) is 26.3 Å². The van der Waals surface area contributed by atoms with E-state index in [9.17, 15) is 0 Å². The zero-order chi connectivity index (χ0) is 14.6. The zero-order valence-corrected chi connectivity index (χ0v) is 14.1. The largest absolute Gasteiger partial charge is 0.496 e. The molecule has 0 heterocycles. The van der Waals surface area contributed by atoms with Gasteiger partial charge in [0.15, 0.2) is 0 Å². The molecule has 0 aliphatic carbocycles. The molecule has 1 aromatic carbocycles. The highest BCUT2D eigenvalue weighted by atomic mass is 79.9. The number of hydrogen-bond acceptors (Lipinski definition) is 3. The van der Waals surface area contributed by atoms with Gasteiger partial charge < -0.3 is 15.4 Å². The van der Waals surface area contributed by atoms with E-state index in [4.69, 9.17) is 10.5 Å². The maximum absolute atomic E-state index is 5.87. The van der Waals surface area contributed by atoms with E-state index in [0.717, 1.165) is 16.6 Å². The Hall–Kier alpha value is -0.580. The van der Waals surface area contributed by atoms with Crippen molar-refractivity contribution in [2.75, 3.05) is 27.7 Å². The van der Waals surface area contributed by atoms with Gasteiger partial charge in [0.2, 0.25) is 0 Å². The molecule has 1 unspecified atom stereocenters. The third kappa shape index (κ3) is 4.48. The number of rotatable bonds is 6. The van der Waals surface area contributed by atoms with Gasteiger partial charge in [-0.1, -0.05) is 29.8 Å². The Balaban J connectivity index is 3.15. The minimum Gasteiger partial charge on any atom is -0.496 e. The summed E-state index contributed by atoms with van der Waals surface area (Å²) in [5.74, 6) is 0.926. The Bertz CT molecular complexity index is 419. The molecule has 0 spiro atoms. The number of halogens is 1. The molecule has 1 atom stereocenters. The third-order valence-electron chi connectivity index (χ3n) is 3.47. The molecule has 0 aromatic heterocycles. The summed E-state index contributed by atoms with van der Waals surface area (Å²) in [5.41, 5.74) is 7.17. The fourth-order valence-electron chi connectivity index (χ4n) is 2.14. The van der Waals surface area contributed by atoms with Crippen LogP contribution in [0.4, 0.5) is 0 Å². The molecule has 0 radical (unpaired) electrons. The summed E-state index contributed by atoms with van der Waals surface area (Å²) in [6.45, 7) is 5.08. The molecule has 2 N–H and O–H groups in total. The van der Waals surface area contributed by atoms with E-state index in [1.165, 1.54) is 5.56 Å². The molecule has 0 aliphatic rings. The smallest absolute Gasteiger partial charge is 0.123 e. The molecule has 19 heavy (non-hydrogen) atoms. The lowest BCUT2D eigenvalue weighted by Gasteiger charge is -2.33. The highest BCUT2D eigenvalue weighted by molar-refractivity contribution is 9.10. The molecule has 1 rings (SSSR count). The Morgan fingerprint density at radius 2 is 2.00 bits per heavy atom. The van der Waals surface area contributed by atoms with Gasteiger partial charge in [-0.3, -0.25) is 0 Å².